The summed E-state index contributed by atoms with van der Waals surface area (Å²) in [5.74, 6) is -0.0802. The lowest BCUT2D eigenvalue weighted by molar-refractivity contribution is -0.385. The molecule has 0 radical (unpaired) electrons. The molecule has 7 heteroatoms. The molecule has 1 saturated heterocycles. The molecule has 0 atom stereocenters. The first-order valence-electron chi connectivity index (χ1n) is 7.89. The lowest BCUT2D eigenvalue weighted by Crippen LogP contribution is -2.41. The second-order valence-electron chi connectivity index (χ2n) is 5.76. The van der Waals surface area contributed by atoms with Gasteiger partial charge in [-0.1, -0.05) is 0 Å². The Kier molecular flexibility index (Phi) is 6.06. The predicted octanol–water partition coefficient (Wildman–Crippen LogP) is 1.87. The van der Waals surface area contributed by atoms with Crippen LogP contribution in [0.1, 0.15) is 35.2 Å². The van der Waals surface area contributed by atoms with Crippen LogP contribution in [0, 0.1) is 17.0 Å². The molecule has 1 fully saturated rings. The smallest absolute Gasteiger partial charge is 0.272 e. The Balaban J connectivity index is 1.92. The fourth-order valence-electron chi connectivity index (χ4n) is 2.73. The van der Waals surface area contributed by atoms with Gasteiger partial charge in [-0.2, -0.15) is 0 Å². The lowest BCUT2D eigenvalue weighted by Gasteiger charge is -2.32. The van der Waals surface area contributed by atoms with Gasteiger partial charge in [0.1, 0.15) is 0 Å². The van der Waals surface area contributed by atoms with Gasteiger partial charge in [-0.15, -0.1) is 0 Å². The lowest BCUT2D eigenvalue weighted by atomic mass is 10.0. The molecule has 2 N–H and O–H groups in total. The minimum Gasteiger partial charge on any atom is -0.378 e. The number of carbonyl (C=O) groups is 1. The van der Waals surface area contributed by atoms with Crippen molar-refractivity contribution in [1.82, 2.24) is 4.90 Å². The van der Waals surface area contributed by atoms with Crippen molar-refractivity contribution in [2.45, 2.75) is 32.3 Å². The van der Waals surface area contributed by atoms with Gasteiger partial charge in [0, 0.05) is 36.9 Å². The third-order valence-corrected chi connectivity index (χ3v) is 4.07. The number of nitro groups is 1. The number of likely N-dealkylation sites (tertiary alicyclic amines) is 1. The number of ether oxygens (including phenoxy) is 1. The van der Waals surface area contributed by atoms with Gasteiger partial charge in [0.2, 0.25) is 0 Å². The number of nitrogens with two attached hydrogens (primary N) is 1. The number of rotatable bonds is 6. The van der Waals surface area contributed by atoms with E-state index in [4.69, 9.17) is 10.5 Å². The summed E-state index contributed by atoms with van der Waals surface area (Å²) in [4.78, 5) is 24.7. The number of carbonyl (C=O) groups excluding carboxylic acids is 1. The summed E-state index contributed by atoms with van der Waals surface area (Å²) in [5, 5.41) is 10.8. The van der Waals surface area contributed by atoms with E-state index in [0.717, 1.165) is 19.3 Å². The Morgan fingerprint density at radius 3 is 2.70 bits per heavy atom. The molecule has 1 amide bonds. The summed E-state index contributed by atoms with van der Waals surface area (Å²) in [6.07, 6.45) is 2.65. The van der Waals surface area contributed by atoms with E-state index in [9.17, 15) is 14.9 Å². The van der Waals surface area contributed by atoms with E-state index in [-0.39, 0.29) is 17.7 Å². The number of nitro benzene ring substituents is 1. The average molecular weight is 321 g/mol. The van der Waals surface area contributed by atoms with Crippen LogP contribution in [0.15, 0.2) is 18.2 Å². The van der Waals surface area contributed by atoms with Crippen molar-refractivity contribution in [3.05, 3.63) is 39.4 Å². The van der Waals surface area contributed by atoms with Crippen molar-refractivity contribution in [2.75, 3.05) is 26.2 Å². The van der Waals surface area contributed by atoms with Gasteiger partial charge in [-0.05, 0) is 44.9 Å². The number of hydrogen-bond acceptors (Lipinski definition) is 5. The quantitative estimate of drug-likeness (QED) is 0.490. The third kappa shape index (κ3) is 4.49. The minimum atomic E-state index is -0.437. The summed E-state index contributed by atoms with van der Waals surface area (Å²) in [7, 11) is 0. The maximum atomic E-state index is 12.5. The van der Waals surface area contributed by atoms with E-state index >= 15 is 0 Å². The summed E-state index contributed by atoms with van der Waals surface area (Å²) in [6, 6.07) is 4.51. The zero-order valence-electron chi connectivity index (χ0n) is 13.4. The molecule has 0 bridgehead atoms. The Bertz CT molecular complexity index is 568. The monoisotopic (exact) mass is 321 g/mol. The molecule has 1 aliphatic heterocycles. The number of piperidine rings is 1. The van der Waals surface area contributed by atoms with Gasteiger partial charge >= 0.3 is 0 Å². The van der Waals surface area contributed by atoms with Gasteiger partial charge in [-0.25, -0.2) is 0 Å². The van der Waals surface area contributed by atoms with Crippen molar-refractivity contribution in [3.8, 4) is 0 Å². The van der Waals surface area contributed by atoms with Crippen LogP contribution in [-0.4, -0.2) is 48.1 Å². The third-order valence-electron chi connectivity index (χ3n) is 4.07. The van der Waals surface area contributed by atoms with E-state index in [0.29, 0.717) is 37.4 Å². The van der Waals surface area contributed by atoms with Crippen molar-refractivity contribution in [1.29, 1.82) is 0 Å². The van der Waals surface area contributed by atoms with Gasteiger partial charge < -0.3 is 15.4 Å². The second-order valence-corrected chi connectivity index (χ2v) is 5.76. The highest BCUT2D eigenvalue weighted by atomic mass is 16.6. The molecule has 1 aromatic rings. The molecule has 1 heterocycles. The molecule has 0 spiro atoms. The van der Waals surface area contributed by atoms with Crippen molar-refractivity contribution in [2.24, 2.45) is 5.73 Å². The van der Waals surface area contributed by atoms with E-state index in [2.05, 4.69) is 0 Å². The Labute approximate surface area is 135 Å². The highest BCUT2D eigenvalue weighted by Gasteiger charge is 2.24. The van der Waals surface area contributed by atoms with Crippen LogP contribution in [0.4, 0.5) is 5.69 Å². The van der Waals surface area contributed by atoms with Crippen LogP contribution in [0.3, 0.4) is 0 Å². The molecular weight excluding hydrogens is 298 g/mol. The van der Waals surface area contributed by atoms with Crippen molar-refractivity contribution in [3.63, 3.8) is 0 Å². The van der Waals surface area contributed by atoms with E-state index in [1.807, 2.05) is 0 Å². The van der Waals surface area contributed by atoms with E-state index < -0.39 is 4.92 Å². The highest BCUT2D eigenvalue weighted by molar-refractivity contribution is 5.94. The molecule has 0 aromatic heterocycles. The fraction of sp³-hybridized carbons (Fsp3) is 0.562. The average Bonchev–Trinajstić information content (AvgIpc) is 2.54. The Morgan fingerprint density at radius 1 is 1.43 bits per heavy atom. The normalized spacial score (nSPS) is 15.7. The Hall–Kier alpha value is -1.99. The molecule has 7 nitrogen and oxygen atoms in total. The molecule has 126 valence electrons. The predicted molar refractivity (Wildman–Crippen MR) is 86.4 cm³/mol. The summed E-state index contributed by atoms with van der Waals surface area (Å²) in [5.41, 5.74) is 6.47. The standard InChI is InChI=1S/C16H23N3O4/c1-12-11-13(3-4-15(12)19(21)22)16(20)18-8-5-14(6-9-18)23-10-2-7-17/h3-4,11,14H,2,5-10,17H2,1H3. The maximum Gasteiger partial charge on any atom is 0.272 e. The number of amides is 1. The number of benzene rings is 1. The van der Waals surface area contributed by atoms with Crippen LogP contribution < -0.4 is 5.73 Å². The van der Waals surface area contributed by atoms with E-state index in [1.165, 1.54) is 12.1 Å². The van der Waals surface area contributed by atoms with Gasteiger partial charge in [0.15, 0.2) is 0 Å². The van der Waals surface area contributed by atoms with Crippen LogP contribution >= 0.6 is 0 Å². The van der Waals surface area contributed by atoms with Crippen LogP contribution in [0.25, 0.3) is 0 Å². The molecule has 1 aromatic carbocycles. The molecular formula is C16H23N3O4. The summed E-state index contributed by atoms with van der Waals surface area (Å²) in [6.45, 7) is 4.21. The first-order valence-corrected chi connectivity index (χ1v) is 7.89. The first-order chi connectivity index (χ1) is 11.0. The zero-order chi connectivity index (χ0) is 16.8. The van der Waals surface area contributed by atoms with Crippen LogP contribution in [-0.2, 0) is 4.74 Å². The highest BCUT2D eigenvalue weighted by Crippen LogP contribution is 2.21. The van der Waals surface area contributed by atoms with Crippen LogP contribution in [0.5, 0.6) is 0 Å². The minimum absolute atomic E-state index is 0.0357. The van der Waals surface area contributed by atoms with Gasteiger partial charge in [0.25, 0.3) is 11.6 Å². The number of nitrogens with zero attached hydrogens (tertiary/aromatic N) is 2. The van der Waals surface area contributed by atoms with E-state index in [1.54, 1.807) is 17.9 Å². The topological polar surface area (TPSA) is 98.7 Å². The molecule has 0 aliphatic carbocycles. The summed E-state index contributed by atoms with van der Waals surface area (Å²) >= 11 is 0. The van der Waals surface area contributed by atoms with Crippen molar-refractivity contribution >= 4 is 11.6 Å². The molecule has 0 saturated carbocycles. The number of aryl methyl sites for hydroxylation is 1. The molecule has 23 heavy (non-hydrogen) atoms. The first kappa shape index (κ1) is 17.4. The second kappa shape index (κ2) is 8.03. The van der Waals surface area contributed by atoms with Crippen molar-refractivity contribution < 1.29 is 14.5 Å². The SMILES string of the molecule is Cc1cc(C(=O)N2CCC(OCCCN)CC2)ccc1[N+](=O)[O-]. The maximum absolute atomic E-state index is 12.5. The van der Waals surface area contributed by atoms with Crippen LogP contribution in [0.2, 0.25) is 0 Å². The Morgan fingerprint density at radius 2 is 2.13 bits per heavy atom. The molecule has 0 unspecified atom stereocenters. The summed E-state index contributed by atoms with van der Waals surface area (Å²) < 4.78 is 5.73. The van der Waals surface area contributed by atoms with Gasteiger partial charge in [0.05, 0.1) is 11.0 Å². The zero-order valence-corrected chi connectivity index (χ0v) is 13.4. The molecule has 1 aliphatic rings. The number of hydrogen-bond donors (Lipinski definition) is 1. The largest absolute Gasteiger partial charge is 0.378 e. The molecule has 2 rings (SSSR count). The fourth-order valence-corrected chi connectivity index (χ4v) is 2.73. The van der Waals surface area contributed by atoms with Gasteiger partial charge in [-0.3, -0.25) is 14.9 Å².